The number of hydrogen-bond acceptors (Lipinski definition) is 4. The first kappa shape index (κ1) is 28.3. The van der Waals surface area contributed by atoms with Crippen LogP contribution in [0.15, 0.2) is 45.6 Å². The first-order valence-corrected chi connectivity index (χ1v) is 13.1. The fourth-order valence-corrected chi connectivity index (χ4v) is 5.64. The molecule has 5 rings (SSSR count). The number of fused-ring (bicyclic) bond motifs is 1. The number of piperidine rings is 1. The summed E-state index contributed by atoms with van der Waals surface area (Å²) in [5.41, 5.74) is -2.51. The lowest BCUT2D eigenvalue weighted by Crippen LogP contribution is -2.49. The Morgan fingerprint density at radius 3 is 2.15 bits per heavy atom. The Morgan fingerprint density at radius 1 is 0.975 bits per heavy atom. The number of aromatic nitrogens is 1. The highest BCUT2D eigenvalue weighted by Crippen LogP contribution is 2.46. The minimum Gasteiger partial charge on any atom is -0.408 e. The summed E-state index contributed by atoms with van der Waals surface area (Å²) in [6.45, 7) is 0.688. The topological polar surface area (TPSA) is 67.5 Å². The molecule has 1 N–H and O–H groups in total. The fourth-order valence-electron chi connectivity index (χ4n) is 5.64. The molecule has 6 nitrogen and oxygen atoms in total. The van der Waals surface area contributed by atoms with E-state index in [-0.39, 0.29) is 24.1 Å². The van der Waals surface area contributed by atoms with Crippen molar-refractivity contribution < 1.29 is 35.6 Å². The molecule has 12 heteroatoms. The van der Waals surface area contributed by atoms with Gasteiger partial charge in [-0.2, -0.15) is 26.3 Å². The first-order chi connectivity index (χ1) is 18.7. The SMILES string of the molecule is Cn1c(=O)oc2ccc(CN(Cc3cc(C(F)(F)F)cc(C(F)(F)F)c3)C(=O)C3(CC4CC4)CCNCC3)cc21. The molecular formula is C28H29F6N3O3. The number of halogens is 6. The van der Waals surface area contributed by atoms with E-state index in [1.165, 1.54) is 16.5 Å². The highest BCUT2D eigenvalue weighted by Gasteiger charge is 2.46. The van der Waals surface area contributed by atoms with E-state index >= 15 is 0 Å². The molecule has 216 valence electrons. The molecule has 0 unspecified atom stereocenters. The highest BCUT2D eigenvalue weighted by molar-refractivity contribution is 5.83. The molecule has 0 spiro atoms. The zero-order chi connectivity index (χ0) is 28.9. The van der Waals surface area contributed by atoms with Gasteiger partial charge in [0, 0.05) is 20.1 Å². The van der Waals surface area contributed by atoms with Crippen molar-refractivity contribution in [3.63, 3.8) is 0 Å². The fraction of sp³-hybridized carbons (Fsp3) is 0.500. The van der Waals surface area contributed by atoms with Gasteiger partial charge in [0.05, 0.1) is 22.1 Å². The van der Waals surface area contributed by atoms with E-state index in [0.29, 0.717) is 67.1 Å². The van der Waals surface area contributed by atoms with Crippen molar-refractivity contribution in [1.82, 2.24) is 14.8 Å². The lowest BCUT2D eigenvalue weighted by Gasteiger charge is -2.40. The van der Waals surface area contributed by atoms with Crippen LogP contribution in [-0.2, 0) is 37.3 Å². The lowest BCUT2D eigenvalue weighted by atomic mass is 9.73. The van der Waals surface area contributed by atoms with Crippen LogP contribution < -0.4 is 11.1 Å². The van der Waals surface area contributed by atoms with E-state index in [9.17, 15) is 35.9 Å². The minimum absolute atomic E-state index is 0.0639. The van der Waals surface area contributed by atoms with E-state index in [2.05, 4.69) is 5.32 Å². The quantitative estimate of drug-likeness (QED) is 0.362. The Hall–Kier alpha value is -3.28. The third-order valence-corrected chi connectivity index (χ3v) is 7.93. The van der Waals surface area contributed by atoms with Crippen molar-refractivity contribution in [1.29, 1.82) is 0 Å². The normalized spacial score (nSPS) is 17.8. The van der Waals surface area contributed by atoms with Crippen molar-refractivity contribution >= 4 is 17.0 Å². The number of alkyl halides is 6. The summed E-state index contributed by atoms with van der Waals surface area (Å²) in [5.74, 6) is -0.485. The zero-order valence-electron chi connectivity index (χ0n) is 21.8. The van der Waals surface area contributed by atoms with E-state index in [1.807, 2.05) is 0 Å². The van der Waals surface area contributed by atoms with Crippen molar-refractivity contribution in [2.24, 2.45) is 18.4 Å². The molecule has 1 aromatic heterocycles. The number of carbonyl (C=O) groups excluding carboxylic acids is 1. The molecule has 2 aliphatic rings. The molecule has 1 saturated carbocycles. The Bertz CT molecular complexity index is 1430. The molecule has 1 amide bonds. The second-order valence-electron chi connectivity index (χ2n) is 11.0. The lowest BCUT2D eigenvalue weighted by molar-refractivity contribution is -0.146. The van der Waals surface area contributed by atoms with E-state index in [4.69, 9.17) is 4.42 Å². The number of carbonyl (C=O) groups is 1. The van der Waals surface area contributed by atoms with Crippen molar-refractivity contribution in [2.75, 3.05) is 13.1 Å². The molecule has 0 atom stereocenters. The maximum atomic E-state index is 14.3. The largest absolute Gasteiger partial charge is 0.419 e. The van der Waals surface area contributed by atoms with Crippen LogP contribution in [-0.4, -0.2) is 28.5 Å². The third-order valence-electron chi connectivity index (χ3n) is 7.93. The van der Waals surface area contributed by atoms with Gasteiger partial charge in [0.25, 0.3) is 0 Å². The molecule has 0 bridgehead atoms. The van der Waals surface area contributed by atoms with Gasteiger partial charge in [-0.3, -0.25) is 9.36 Å². The van der Waals surface area contributed by atoms with Gasteiger partial charge in [-0.25, -0.2) is 4.79 Å². The van der Waals surface area contributed by atoms with Crippen LogP contribution in [0.4, 0.5) is 26.3 Å². The van der Waals surface area contributed by atoms with Gasteiger partial charge in [-0.1, -0.05) is 18.9 Å². The molecule has 2 fully saturated rings. The van der Waals surface area contributed by atoms with Gasteiger partial charge in [-0.15, -0.1) is 0 Å². The number of rotatable bonds is 7. The molecule has 1 aliphatic heterocycles. The van der Waals surface area contributed by atoms with E-state index in [0.717, 1.165) is 12.8 Å². The van der Waals surface area contributed by atoms with Gasteiger partial charge in [-0.05, 0) is 79.7 Å². The van der Waals surface area contributed by atoms with Crippen LogP contribution in [0.3, 0.4) is 0 Å². The second-order valence-corrected chi connectivity index (χ2v) is 11.0. The summed E-state index contributed by atoms with van der Waals surface area (Å²) in [6, 6.07) is 6.28. The first-order valence-electron chi connectivity index (χ1n) is 13.1. The highest BCUT2D eigenvalue weighted by atomic mass is 19.4. The van der Waals surface area contributed by atoms with Gasteiger partial charge in [0.1, 0.15) is 0 Å². The van der Waals surface area contributed by atoms with Gasteiger partial charge < -0.3 is 14.6 Å². The summed E-state index contributed by atoms with van der Waals surface area (Å²) in [4.78, 5) is 27.6. The molecule has 0 radical (unpaired) electrons. The standard InChI is InChI=1S/C28H29F6N3O3/c1-36-22-12-18(4-5-23(22)40-25(36)39)15-37(24(38)26(14-17-2-3-17)6-8-35-9-7-26)16-19-10-20(27(29,30)31)13-21(11-19)28(32,33)34/h4-5,10-13,17,35H,2-3,6-9,14-16H2,1H3. The smallest absolute Gasteiger partial charge is 0.408 e. The second kappa shape index (κ2) is 10.3. The van der Waals surface area contributed by atoms with Gasteiger partial charge in [0.15, 0.2) is 5.58 Å². The average Bonchev–Trinajstić information content (AvgIpc) is 3.66. The van der Waals surface area contributed by atoms with Crippen LogP contribution in [0.25, 0.3) is 11.1 Å². The van der Waals surface area contributed by atoms with E-state index in [1.54, 1.807) is 18.2 Å². The summed E-state index contributed by atoms with van der Waals surface area (Å²) in [7, 11) is 1.52. The molecule has 1 aliphatic carbocycles. The van der Waals surface area contributed by atoms with Crippen molar-refractivity contribution in [3.05, 3.63) is 69.2 Å². The molecule has 40 heavy (non-hydrogen) atoms. The van der Waals surface area contributed by atoms with Crippen LogP contribution in [0.1, 0.15) is 54.4 Å². The average molecular weight is 570 g/mol. The number of nitrogens with one attached hydrogen (secondary N) is 1. The monoisotopic (exact) mass is 569 g/mol. The number of benzene rings is 2. The Labute approximate surface area is 225 Å². The van der Waals surface area contributed by atoms with Crippen LogP contribution in [0.5, 0.6) is 0 Å². The van der Waals surface area contributed by atoms with Gasteiger partial charge in [0.2, 0.25) is 5.91 Å². The van der Waals surface area contributed by atoms with Crippen molar-refractivity contribution in [3.8, 4) is 0 Å². The summed E-state index contributed by atoms with van der Waals surface area (Å²) in [5, 5.41) is 3.24. The number of nitrogens with zero attached hydrogens (tertiary/aromatic N) is 2. The predicted molar refractivity (Wildman–Crippen MR) is 134 cm³/mol. The Morgan fingerprint density at radius 2 is 1.57 bits per heavy atom. The summed E-state index contributed by atoms with van der Waals surface area (Å²) >= 11 is 0. The van der Waals surface area contributed by atoms with Crippen LogP contribution >= 0.6 is 0 Å². The Kier molecular flexibility index (Phi) is 7.26. The van der Waals surface area contributed by atoms with E-state index < -0.39 is 41.2 Å². The number of aryl methyl sites for hydroxylation is 1. The summed E-state index contributed by atoms with van der Waals surface area (Å²) in [6.07, 6.45) is -6.30. The number of amides is 1. The molecular weight excluding hydrogens is 540 g/mol. The molecule has 3 aromatic rings. The molecule has 2 aromatic carbocycles. The third kappa shape index (κ3) is 5.91. The Balaban J connectivity index is 1.56. The molecule has 2 heterocycles. The van der Waals surface area contributed by atoms with Crippen LogP contribution in [0.2, 0.25) is 0 Å². The van der Waals surface area contributed by atoms with Crippen molar-refractivity contribution in [2.45, 2.75) is 57.5 Å². The van der Waals surface area contributed by atoms with Gasteiger partial charge >= 0.3 is 18.1 Å². The predicted octanol–water partition coefficient (Wildman–Crippen LogP) is 5.87. The number of hydrogen-bond donors (Lipinski definition) is 1. The zero-order valence-corrected chi connectivity index (χ0v) is 21.8. The van der Waals surface area contributed by atoms with Crippen LogP contribution in [0, 0.1) is 11.3 Å². The molecule has 1 saturated heterocycles. The maximum Gasteiger partial charge on any atom is 0.419 e. The minimum atomic E-state index is -5.00. The summed E-state index contributed by atoms with van der Waals surface area (Å²) < 4.78 is 87.9. The maximum absolute atomic E-state index is 14.3. The number of oxazole rings is 1.